The number of esters is 1. The summed E-state index contributed by atoms with van der Waals surface area (Å²) < 4.78 is 5.09. The van der Waals surface area contributed by atoms with Crippen LogP contribution < -0.4 is 0 Å². The first-order chi connectivity index (χ1) is 8.70. The lowest BCUT2D eigenvalue weighted by molar-refractivity contribution is 0.0530. The molecule has 4 heteroatoms. The number of aromatic nitrogens is 1. The number of hydrogen-bond acceptors (Lipinski definition) is 4. The third-order valence-corrected chi connectivity index (χ3v) is 4.52. The quantitative estimate of drug-likeness (QED) is 0.763. The highest BCUT2D eigenvalue weighted by molar-refractivity contribution is 7.13. The zero-order valence-corrected chi connectivity index (χ0v) is 12.0. The van der Waals surface area contributed by atoms with E-state index in [1.165, 1.54) is 37.0 Å². The maximum absolute atomic E-state index is 11.8. The molecule has 1 aromatic rings. The SMILES string of the molecule is CCOC(=O)c1sc(C)nc1CCC1CCCC1. The molecule has 0 radical (unpaired) electrons. The molecule has 100 valence electrons. The van der Waals surface area contributed by atoms with Gasteiger partial charge >= 0.3 is 5.97 Å². The predicted molar refractivity (Wildman–Crippen MR) is 73.1 cm³/mol. The number of carbonyl (C=O) groups is 1. The van der Waals surface area contributed by atoms with Crippen molar-refractivity contribution in [3.8, 4) is 0 Å². The summed E-state index contributed by atoms with van der Waals surface area (Å²) in [5.74, 6) is 0.631. The summed E-state index contributed by atoms with van der Waals surface area (Å²) in [5.41, 5.74) is 0.947. The highest BCUT2D eigenvalue weighted by atomic mass is 32.1. The second-order valence-corrected chi connectivity index (χ2v) is 6.12. The lowest BCUT2D eigenvalue weighted by atomic mass is 10.0. The van der Waals surface area contributed by atoms with E-state index in [0.29, 0.717) is 11.5 Å². The van der Waals surface area contributed by atoms with E-state index in [2.05, 4.69) is 4.98 Å². The summed E-state index contributed by atoms with van der Waals surface area (Å²) in [5, 5.41) is 0.958. The molecule has 1 aromatic heterocycles. The van der Waals surface area contributed by atoms with Crippen LogP contribution in [0.5, 0.6) is 0 Å². The Bertz CT molecular complexity index is 408. The van der Waals surface area contributed by atoms with Crippen LogP contribution in [0.15, 0.2) is 0 Å². The largest absolute Gasteiger partial charge is 0.462 e. The van der Waals surface area contributed by atoms with Crippen molar-refractivity contribution in [3.63, 3.8) is 0 Å². The van der Waals surface area contributed by atoms with E-state index in [-0.39, 0.29) is 5.97 Å². The van der Waals surface area contributed by atoms with Crippen molar-refractivity contribution in [2.75, 3.05) is 6.61 Å². The predicted octanol–water partition coefficient (Wildman–Crippen LogP) is 3.75. The van der Waals surface area contributed by atoms with Gasteiger partial charge in [0, 0.05) is 0 Å². The molecule has 18 heavy (non-hydrogen) atoms. The number of carbonyl (C=O) groups excluding carboxylic acids is 1. The lowest BCUT2D eigenvalue weighted by Crippen LogP contribution is -2.07. The molecule has 2 rings (SSSR count). The zero-order chi connectivity index (χ0) is 13.0. The molecule has 0 N–H and O–H groups in total. The zero-order valence-electron chi connectivity index (χ0n) is 11.2. The van der Waals surface area contributed by atoms with Crippen LogP contribution in [0.1, 0.15) is 59.4 Å². The highest BCUT2D eigenvalue weighted by Crippen LogP contribution is 2.30. The third kappa shape index (κ3) is 3.31. The van der Waals surface area contributed by atoms with Crippen LogP contribution in [-0.2, 0) is 11.2 Å². The first-order valence-corrected chi connectivity index (χ1v) is 7.65. The minimum absolute atomic E-state index is 0.204. The van der Waals surface area contributed by atoms with E-state index in [0.717, 1.165) is 29.5 Å². The summed E-state index contributed by atoms with van der Waals surface area (Å²) in [4.78, 5) is 17.0. The summed E-state index contributed by atoms with van der Waals surface area (Å²) in [6, 6.07) is 0. The van der Waals surface area contributed by atoms with Gasteiger partial charge in [-0.15, -0.1) is 11.3 Å². The second-order valence-electron chi connectivity index (χ2n) is 4.92. The van der Waals surface area contributed by atoms with Gasteiger partial charge in [-0.1, -0.05) is 25.7 Å². The molecular weight excluding hydrogens is 246 g/mol. The van der Waals surface area contributed by atoms with E-state index in [1.807, 2.05) is 13.8 Å². The summed E-state index contributed by atoms with van der Waals surface area (Å²) in [7, 11) is 0. The molecule has 3 nitrogen and oxygen atoms in total. The Morgan fingerprint density at radius 3 is 2.83 bits per heavy atom. The Kier molecular flexibility index (Phi) is 4.75. The summed E-state index contributed by atoms with van der Waals surface area (Å²) >= 11 is 1.46. The van der Waals surface area contributed by atoms with Crippen LogP contribution in [0.4, 0.5) is 0 Å². The minimum Gasteiger partial charge on any atom is -0.462 e. The van der Waals surface area contributed by atoms with Crippen molar-refractivity contribution in [3.05, 3.63) is 15.6 Å². The molecule has 0 aliphatic heterocycles. The number of hydrogen-bond donors (Lipinski definition) is 0. The van der Waals surface area contributed by atoms with Gasteiger partial charge in [-0.3, -0.25) is 0 Å². The van der Waals surface area contributed by atoms with Gasteiger partial charge in [-0.25, -0.2) is 9.78 Å². The number of ether oxygens (including phenoxy) is 1. The Morgan fingerprint density at radius 2 is 2.17 bits per heavy atom. The van der Waals surface area contributed by atoms with Crippen LogP contribution in [0.3, 0.4) is 0 Å². The lowest BCUT2D eigenvalue weighted by Gasteiger charge is -2.07. The van der Waals surface area contributed by atoms with Gasteiger partial charge in [-0.05, 0) is 32.6 Å². The minimum atomic E-state index is -0.204. The fraction of sp³-hybridized carbons (Fsp3) is 0.714. The standard InChI is InChI=1S/C14H21NO2S/c1-3-17-14(16)13-12(15-10(2)18-13)9-8-11-6-4-5-7-11/h11H,3-9H2,1-2H3. The second kappa shape index (κ2) is 6.32. The van der Waals surface area contributed by atoms with Gasteiger partial charge in [0.2, 0.25) is 0 Å². The van der Waals surface area contributed by atoms with Crippen LogP contribution in [0, 0.1) is 12.8 Å². The Labute approximate surface area is 113 Å². The van der Waals surface area contributed by atoms with Gasteiger partial charge in [0.25, 0.3) is 0 Å². The molecule has 0 unspecified atom stereocenters. The molecule has 0 atom stereocenters. The molecule has 0 spiro atoms. The average molecular weight is 267 g/mol. The smallest absolute Gasteiger partial charge is 0.350 e. The summed E-state index contributed by atoms with van der Waals surface area (Å²) in [6.07, 6.45) is 7.51. The van der Waals surface area contributed by atoms with E-state index in [1.54, 1.807) is 0 Å². The van der Waals surface area contributed by atoms with E-state index in [9.17, 15) is 4.79 Å². The van der Waals surface area contributed by atoms with Crippen molar-refractivity contribution in [2.24, 2.45) is 5.92 Å². The van der Waals surface area contributed by atoms with Gasteiger partial charge in [0.1, 0.15) is 4.88 Å². The maximum Gasteiger partial charge on any atom is 0.350 e. The molecule has 0 bridgehead atoms. The molecular formula is C14H21NO2S. The van der Waals surface area contributed by atoms with Gasteiger partial charge < -0.3 is 4.74 Å². The third-order valence-electron chi connectivity index (χ3n) is 3.53. The van der Waals surface area contributed by atoms with Crippen molar-refractivity contribution in [1.82, 2.24) is 4.98 Å². The molecule has 1 aliphatic carbocycles. The van der Waals surface area contributed by atoms with Crippen molar-refractivity contribution in [1.29, 1.82) is 0 Å². The number of rotatable bonds is 5. The summed E-state index contributed by atoms with van der Waals surface area (Å²) in [6.45, 7) is 4.22. The maximum atomic E-state index is 11.8. The molecule has 1 aliphatic rings. The van der Waals surface area contributed by atoms with E-state index in [4.69, 9.17) is 4.74 Å². The van der Waals surface area contributed by atoms with Crippen LogP contribution >= 0.6 is 11.3 Å². The van der Waals surface area contributed by atoms with Gasteiger partial charge in [0.15, 0.2) is 0 Å². The fourth-order valence-electron chi connectivity index (χ4n) is 2.64. The van der Waals surface area contributed by atoms with E-state index >= 15 is 0 Å². The fourth-order valence-corrected chi connectivity index (χ4v) is 3.49. The Morgan fingerprint density at radius 1 is 1.44 bits per heavy atom. The van der Waals surface area contributed by atoms with E-state index < -0.39 is 0 Å². The normalized spacial score (nSPS) is 16.1. The molecule has 1 heterocycles. The van der Waals surface area contributed by atoms with Gasteiger partial charge in [-0.2, -0.15) is 0 Å². The molecule has 1 fully saturated rings. The van der Waals surface area contributed by atoms with Gasteiger partial charge in [0.05, 0.1) is 17.3 Å². The van der Waals surface area contributed by atoms with Crippen molar-refractivity contribution in [2.45, 2.75) is 52.4 Å². The first kappa shape index (κ1) is 13.5. The molecule has 0 amide bonds. The topological polar surface area (TPSA) is 39.2 Å². The number of nitrogens with zero attached hydrogens (tertiary/aromatic N) is 1. The van der Waals surface area contributed by atoms with Crippen molar-refractivity contribution >= 4 is 17.3 Å². The number of aryl methyl sites for hydroxylation is 2. The number of thiazole rings is 1. The molecule has 1 saturated carbocycles. The van der Waals surface area contributed by atoms with Crippen LogP contribution in [0.2, 0.25) is 0 Å². The Hall–Kier alpha value is -0.900. The van der Waals surface area contributed by atoms with Crippen LogP contribution in [0.25, 0.3) is 0 Å². The molecule has 0 saturated heterocycles. The van der Waals surface area contributed by atoms with Crippen molar-refractivity contribution < 1.29 is 9.53 Å². The molecule has 0 aromatic carbocycles. The monoisotopic (exact) mass is 267 g/mol. The van der Waals surface area contributed by atoms with Crippen LogP contribution in [-0.4, -0.2) is 17.6 Å². The first-order valence-electron chi connectivity index (χ1n) is 6.84. The average Bonchev–Trinajstić information content (AvgIpc) is 2.95. The Balaban J connectivity index is 1.99. The highest BCUT2D eigenvalue weighted by Gasteiger charge is 2.20.